The molecule has 32 heavy (non-hydrogen) atoms. The molecule has 1 aliphatic rings. The highest BCUT2D eigenvalue weighted by Crippen LogP contribution is 2.25. The van der Waals surface area contributed by atoms with E-state index in [4.69, 9.17) is 0 Å². The molecule has 1 heterocycles. The predicted octanol–water partition coefficient (Wildman–Crippen LogP) is 4.74. The largest absolute Gasteiger partial charge is 0.322 e. The number of nitrogens with one attached hydrogen (secondary N) is 1. The van der Waals surface area contributed by atoms with Crippen molar-refractivity contribution in [1.29, 1.82) is 0 Å². The lowest BCUT2D eigenvalue weighted by molar-refractivity contribution is -0.111. The van der Waals surface area contributed by atoms with Crippen molar-refractivity contribution in [3.63, 3.8) is 0 Å². The van der Waals surface area contributed by atoms with Gasteiger partial charge in [-0.15, -0.1) is 5.10 Å². The van der Waals surface area contributed by atoms with Crippen molar-refractivity contribution in [2.24, 2.45) is 0 Å². The molecule has 0 bridgehead atoms. The highest BCUT2D eigenvalue weighted by molar-refractivity contribution is 6.02. The standard InChI is InChI=1S/C26H31N5O/c1-30(24-13-6-3-7-14-24)19-22-12-8-9-15-25(22)27-26(32)17-16-23-20-31(29-28-23)18-21-10-4-2-5-11-21/h2,4-5,8-12,15-17,20,24H,3,6-7,13-14,18-19H2,1H3,(H,27,32)/b17-16+. The Morgan fingerprint density at radius 2 is 1.84 bits per heavy atom. The fourth-order valence-electron chi connectivity index (χ4n) is 4.27. The highest BCUT2D eigenvalue weighted by Gasteiger charge is 2.19. The number of hydrogen-bond donors (Lipinski definition) is 1. The molecule has 1 fully saturated rings. The van der Waals surface area contributed by atoms with E-state index in [1.807, 2.05) is 54.7 Å². The Balaban J connectivity index is 1.34. The first kappa shape index (κ1) is 22.0. The van der Waals surface area contributed by atoms with Gasteiger partial charge in [-0.3, -0.25) is 9.69 Å². The van der Waals surface area contributed by atoms with Gasteiger partial charge in [0.15, 0.2) is 0 Å². The van der Waals surface area contributed by atoms with Gasteiger partial charge in [0, 0.05) is 24.4 Å². The fraction of sp³-hybridized carbons (Fsp3) is 0.346. The van der Waals surface area contributed by atoms with Gasteiger partial charge in [0.05, 0.1) is 12.7 Å². The van der Waals surface area contributed by atoms with Gasteiger partial charge in [0.1, 0.15) is 5.69 Å². The van der Waals surface area contributed by atoms with Crippen molar-refractivity contribution in [2.75, 3.05) is 12.4 Å². The summed E-state index contributed by atoms with van der Waals surface area (Å²) >= 11 is 0. The molecule has 0 unspecified atom stereocenters. The van der Waals surface area contributed by atoms with Gasteiger partial charge >= 0.3 is 0 Å². The molecule has 1 aromatic heterocycles. The average Bonchev–Trinajstić information content (AvgIpc) is 3.27. The molecule has 6 nitrogen and oxygen atoms in total. The first-order valence-corrected chi connectivity index (χ1v) is 11.4. The van der Waals surface area contributed by atoms with Crippen LogP contribution in [-0.2, 0) is 17.9 Å². The van der Waals surface area contributed by atoms with Crippen LogP contribution in [0.1, 0.15) is 48.9 Å². The molecule has 0 spiro atoms. The summed E-state index contributed by atoms with van der Waals surface area (Å²) in [5.41, 5.74) is 3.80. The van der Waals surface area contributed by atoms with Gasteiger partial charge in [0.25, 0.3) is 0 Å². The maximum absolute atomic E-state index is 12.6. The molecule has 1 N–H and O–H groups in total. The van der Waals surface area contributed by atoms with Gasteiger partial charge < -0.3 is 5.32 Å². The number of carbonyl (C=O) groups excluding carboxylic acids is 1. The van der Waals surface area contributed by atoms with Crippen LogP contribution in [0.2, 0.25) is 0 Å². The Morgan fingerprint density at radius 3 is 2.66 bits per heavy atom. The lowest BCUT2D eigenvalue weighted by Gasteiger charge is -2.31. The number of aromatic nitrogens is 3. The van der Waals surface area contributed by atoms with Crippen molar-refractivity contribution in [3.8, 4) is 0 Å². The highest BCUT2D eigenvalue weighted by atomic mass is 16.1. The van der Waals surface area contributed by atoms with E-state index < -0.39 is 0 Å². The molecular formula is C26H31N5O. The monoisotopic (exact) mass is 429 g/mol. The lowest BCUT2D eigenvalue weighted by atomic mass is 9.94. The summed E-state index contributed by atoms with van der Waals surface area (Å²) in [6.07, 6.45) is 11.5. The topological polar surface area (TPSA) is 63.1 Å². The quantitative estimate of drug-likeness (QED) is 0.525. The Bertz CT molecular complexity index is 1040. The van der Waals surface area contributed by atoms with Crippen LogP contribution in [0.5, 0.6) is 0 Å². The van der Waals surface area contributed by atoms with E-state index in [2.05, 4.69) is 33.6 Å². The molecule has 3 aromatic rings. The van der Waals surface area contributed by atoms with Crippen LogP contribution < -0.4 is 5.32 Å². The second-order valence-electron chi connectivity index (χ2n) is 8.51. The van der Waals surface area contributed by atoms with E-state index in [1.54, 1.807) is 10.8 Å². The minimum absolute atomic E-state index is 0.171. The predicted molar refractivity (Wildman–Crippen MR) is 128 cm³/mol. The van der Waals surface area contributed by atoms with E-state index in [0.29, 0.717) is 18.3 Å². The number of para-hydroxylation sites is 1. The van der Waals surface area contributed by atoms with E-state index in [9.17, 15) is 4.79 Å². The Hall–Kier alpha value is -3.25. The van der Waals surface area contributed by atoms with Crippen molar-refractivity contribution in [3.05, 3.63) is 83.7 Å². The second-order valence-corrected chi connectivity index (χ2v) is 8.51. The summed E-state index contributed by atoms with van der Waals surface area (Å²) in [5, 5.41) is 11.3. The summed E-state index contributed by atoms with van der Waals surface area (Å²) in [4.78, 5) is 15.0. The number of amides is 1. The molecule has 0 radical (unpaired) electrons. The molecule has 0 saturated heterocycles. The molecule has 166 valence electrons. The van der Waals surface area contributed by atoms with Gasteiger partial charge in [-0.05, 0) is 43.2 Å². The molecule has 2 aromatic carbocycles. The third-order valence-electron chi connectivity index (χ3n) is 6.04. The molecule has 4 rings (SSSR count). The Labute approximate surface area is 189 Å². The molecule has 1 aliphatic carbocycles. The summed E-state index contributed by atoms with van der Waals surface area (Å²) in [6.45, 7) is 1.48. The van der Waals surface area contributed by atoms with Gasteiger partial charge in [0.2, 0.25) is 5.91 Å². The zero-order valence-corrected chi connectivity index (χ0v) is 18.7. The maximum atomic E-state index is 12.6. The van der Waals surface area contributed by atoms with E-state index in [-0.39, 0.29) is 5.91 Å². The number of hydrogen-bond acceptors (Lipinski definition) is 4. The van der Waals surface area contributed by atoms with Crippen molar-refractivity contribution in [1.82, 2.24) is 19.9 Å². The number of benzene rings is 2. The fourth-order valence-corrected chi connectivity index (χ4v) is 4.27. The molecule has 0 aliphatic heterocycles. The number of rotatable bonds is 8. The number of carbonyl (C=O) groups is 1. The zero-order chi connectivity index (χ0) is 22.2. The molecule has 1 saturated carbocycles. The van der Waals surface area contributed by atoms with E-state index in [0.717, 1.165) is 23.4 Å². The van der Waals surface area contributed by atoms with Crippen LogP contribution in [0.4, 0.5) is 5.69 Å². The van der Waals surface area contributed by atoms with Crippen molar-refractivity contribution in [2.45, 2.75) is 51.2 Å². The molecule has 1 amide bonds. The summed E-state index contributed by atoms with van der Waals surface area (Å²) in [5.74, 6) is -0.171. The van der Waals surface area contributed by atoms with Gasteiger partial charge in [-0.2, -0.15) is 0 Å². The number of nitrogens with zero attached hydrogens (tertiary/aromatic N) is 4. The minimum atomic E-state index is -0.171. The van der Waals surface area contributed by atoms with Crippen LogP contribution in [0.25, 0.3) is 6.08 Å². The Morgan fingerprint density at radius 1 is 1.09 bits per heavy atom. The van der Waals surface area contributed by atoms with Gasteiger partial charge in [-0.25, -0.2) is 4.68 Å². The summed E-state index contributed by atoms with van der Waals surface area (Å²) in [6, 6.07) is 18.8. The minimum Gasteiger partial charge on any atom is -0.322 e. The van der Waals surface area contributed by atoms with Crippen LogP contribution in [0.3, 0.4) is 0 Å². The zero-order valence-electron chi connectivity index (χ0n) is 18.7. The molecule has 6 heteroatoms. The smallest absolute Gasteiger partial charge is 0.248 e. The number of anilines is 1. The second kappa shape index (κ2) is 10.9. The first-order valence-electron chi connectivity index (χ1n) is 11.4. The van der Waals surface area contributed by atoms with E-state index >= 15 is 0 Å². The molecular weight excluding hydrogens is 398 g/mol. The van der Waals surface area contributed by atoms with Crippen LogP contribution >= 0.6 is 0 Å². The lowest BCUT2D eigenvalue weighted by Crippen LogP contribution is -2.33. The maximum Gasteiger partial charge on any atom is 0.248 e. The van der Waals surface area contributed by atoms with Crippen LogP contribution in [-0.4, -0.2) is 38.9 Å². The summed E-state index contributed by atoms with van der Waals surface area (Å²) < 4.78 is 1.77. The van der Waals surface area contributed by atoms with Crippen molar-refractivity contribution >= 4 is 17.7 Å². The van der Waals surface area contributed by atoms with Gasteiger partial charge in [-0.1, -0.05) is 73.0 Å². The van der Waals surface area contributed by atoms with Crippen LogP contribution in [0.15, 0.2) is 66.9 Å². The average molecular weight is 430 g/mol. The van der Waals surface area contributed by atoms with Crippen LogP contribution in [0, 0.1) is 0 Å². The summed E-state index contributed by atoms with van der Waals surface area (Å²) in [7, 11) is 2.19. The SMILES string of the molecule is CN(Cc1ccccc1NC(=O)/C=C/c1cn(Cc2ccccc2)nn1)C1CCCCC1. The van der Waals surface area contributed by atoms with E-state index in [1.165, 1.54) is 38.2 Å². The van der Waals surface area contributed by atoms with Crippen molar-refractivity contribution < 1.29 is 4.79 Å². The molecule has 0 atom stereocenters. The normalized spacial score (nSPS) is 14.8. The Kier molecular flexibility index (Phi) is 7.46. The third-order valence-corrected chi connectivity index (χ3v) is 6.04. The first-order chi connectivity index (χ1) is 15.7. The third kappa shape index (κ3) is 6.14.